The van der Waals surface area contributed by atoms with Crippen molar-refractivity contribution in [2.75, 3.05) is 0 Å². The third-order valence-electron chi connectivity index (χ3n) is 2.53. The molecule has 0 fully saturated rings. The maximum atomic E-state index is 5.98. The van der Waals surface area contributed by atoms with Gasteiger partial charge in [0.25, 0.3) is 0 Å². The molecule has 14 heavy (non-hydrogen) atoms. The number of halogens is 1. The van der Waals surface area contributed by atoms with Crippen molar-refractivity contribution in [1.29, 1.82) is 0 Å². The van der Waals surface area contributed by atoms with Gasteiger partial charge in [-0.15, -0.1) is 5.10 Å². The molecule has 0 radical (unpaired) electrons. The number of fused-ring (bicyclic) bond motifs is 1. The van der Waals surface area contributed by atoms with E-state index < -0.39 is 0 Å². The standard InChI is InChI=1S/C11H11ClN2/c1-6-4-9-8(3)13-14-11(12)10(9)5-7(6)2/h4-5H,1-3H3. The van der Waals surface area contributed by atoms with Gasteiger partial charge in [0.15, 0.2) is 5.15 Å². The van der Waals surface area contributed by atoms with Gasteiger partial charge in [-0.25, -0.2) is 0 Å². The van der Waals surface area contributed by atoms with Crippen LogP contribution in [0.25, 0.3) is 10.8 Å². The first-order valence-electron chi connectivity index (χ1n) is 4.49. The van der Waals surface area contributed by atoms with Crippen LogP contribution < -0.4 is 0 Å². The molecule has 0 bridgehead atoms. The molecule has 2 aromatic rings. The van der Waals surface area contributed by atoms with Crippen LogP contribution in [0.4, 0.5) is 0 Å². The van der Waals surface area contributed by atoms with E-state index in [-0.39, 0.29) is 0 Å². The first-order valence-corrected chi connectivity index (χ1v) is 4.87. The van der Waals surface area contributed by atoms with Crippen LogP contribution in [-0.2, 0) is 0 Å². The highest BCUT2D eigenvalue weighted by molar-refractivity contribution is 6.34. The van der Waals surface area contributed by atoms with Crippen molar-refractivity contribution in [1.82, 2.24) is 10.2 Å². The lowest BCUT2D eigenvalue weighted by Crippen LogP contribution is -1.92. The minimum absolute atomic E-state index is 0.480. The van der Waals surface area contributed by atoms with Crippen LogP contribution in [0.15, 0.2) is 12.1 Å². The largest absolute Gasteiger partial charge is 0.159 e. The van der Waals surface area contributed by atoms with Crippen molar-refractivity contribution in [2.45, 2.75) is 20.8 Å². The van der Waals surface area contributed by atoms with Crippen molar-refractivity contribution in [3.8, 4) is 0 Å². The average Bonchev–Trinajstić information content (AvgIpc) is 2.15. The zero-order valence-electron chi connectivity index (χ0n) is 8.43. The lowest BCUT2D eigenvalue weighted by molar-refractivity contribution is 1.00. The van der Waals surface area contributed by atoms with E-state index in [9.17, 15) is 0 Å². The van der Waals surface area contributed by atoms with Gasteiger partial charge in [0.2, 0.25) is 0 Å². The Morgan fingerprint density at radius 3 is 2.14 bits per heavy atom. The van der Waals surface area contributed by atoms with Crippen molar-refractivity contribution in [2.24, 2.45) is 0 Å². The fraction of sp³-hybridized carbons (Fsp3) is 0.273. The van der Waals surface area contributed by atoms with Gasteiger partial charge in [-0.1, -0.05) is 11.6 Å². The molecule has 0 aliphatic rings. The van der Waals surface area contributed by atoms with Crippen LogP contribution in [-0.4, -0.2) is 10.2 Å². The van der Waals surface area contributed by atoms with Crippen molar-refractivity contribution < 1.29 is 0 Å². The summed E-state index contributed by atoms with van der Waals surface area (Å²) in [6, 6.07) is 4.18. The summed E-state index contributed by atoms with van der Waals surface area (Å²) in [4.78, 5) is 0. The minimum Gasteiger partial charge on any atom is -0.154 e. The number of benzene rings is 1. The molecule has 1 aromatic heterocycles. The first kappa shape index (κ1) is 9.41. The van der Waals surface area contributed by atoms with Crippen LogP contribution >= 0.6 is 11.6 Å². The van der Waals surface area contributed by atoms with Crippen LogP contribution in [0, 0.1) is 20.8 Å². The average molecular weight is 207 g/mol. The van der Waals surface area contributed by atoms with E-state index in [2.05, 4.69) is 36.2 Å². The van der Waals surface area contributed by atoms with Crippen molar-refractivity contribution in [3.63, 3.8) is 0 Å². The Morgan fingerprint density at radius 1 is 0.929 bits per heavy atom. The summed E-state index contributed by atoms with van der Waals surface area (Å²) in [7, 11) is 0. The third-order valence-corrected chi connectivity index (χ3v) is 2.81. The zero-order valence-corrected chi connectivity index (χ0v) is 9.18. The molecule has 0 N–H and O–H groups in total. The Labute approximate surface area is 87.9 Å². The van der Waals surface area contributed by atoms with Gasteiger partial charge in [0.1, 0.15) is 0 Å². The molecule has 3 heteroatoms. The van der Waals surface area contributed by atoms with Crippen LogP contribution in [0.2, 0.25) is 5.15 Å². The Hall–Kier alpha value is -1.15. The molecule has 72 valence electrons. The number of hydrogen-bond donors (Lipinski definition) is 0. The van der Waals surface area contributed by atoms with Crippen molar-refractivity contribution >= 4 is 22.4 Å². The van der Waals surface area contributed by atoms with Crippen molar-refractivity contribution in [3.05, 3.63) is 34.1 Å². The second kappa shape index (κ2) is 3.21. The lowest BCUT2D eigenvalue weighted by atomic mass is 10.0. The number of nitrogens with zero attached hydrogens (tertiary/aromatic N) is 2. The SMILES string of the molecule is Cc1cc2c(C)nnc(Cl)c2cc1C. The topological polar surface area (TPSA) is 25.8 Å². The van der Waals surface area contributed by atoms with Crippen LogP contribution in [0.5, 0.6) is 0 Å². The Kier molecular flexibility index (Phi) is 2.16. The summed E-state index contributed by atoms with van der Waals surface area (Å²) in [5.74, 6) is 0. The predicted octanol–water partition coefficient (Wildman–Crippen LogP) is 3.21. The normalized spacial score (nSPS) is 10.9. The summed E-state index contributed by atoms with van der Waals surface area (Å²) in [6.07, 6.45) is 0. The maximum absolute atomic E-state index is 5.98. The molecular formula is C11H11ClN2. The van der Waals surface area contributed by atoms with Gasteiger partial charge < -0.3 is 0 Å². The van der Waals surface area contributed by atoms with E-state index in [1.807, 2.05) is 6.92 Å². The molecule has 0 aliphatic heterocycles. The molecule has 0 amide bonds. The lowest BCUT2D eigenvalue weighted by Gasteiger charge is -2.06. The van der Waals surface area contributed by atoms with E-state index in [0.29, 0.717) is 5.15 Å². The molecule has 0 saturated heterocycles. The van der Waals surface area contributed by atoms with Gasteiger partial charge in [-0.2, -0.15) is 5.10 Å². The summed E-state index contributed by atoms with van der Waals surface area (Å²) in [5, 5.41) is 10.4. The predicted molar refractivity (Wildman–Crippen MR) is 58.8 cm³/mol. The van der Waals surface area contributed by atoms with Gasteiger partial charge in [0, 0.05) is 10.8 Å². The summed E-state index contributed by atoms with van der Waals surface area (Å²) < 4.78 is 0. The maximum Gasteiger partial charge on any atom is 0.159 e. The molecular weight excluding hydrogens is 196 g/mol. The molecule has 0 spiro atoms. The third kappa shape index (κ3) is 1.36. The van der Waals surface area contributed by atoms with Crippen LogP contribution in [0.3, 0.4) is 0 Å². The molecule has 0 atom stereocenters. The van der Waals surface area contributed by atoms with E-state index in [1.165, 1.54) is 11.1 Å². The van der Waals surface area contributed by atoms with Gasteiger partial charge >= 0.3 is 0 Å². The quantitative estimate of drug-likeness (QED) is 0.662. The minimum atomic E-state index is 0.480. The number of aromatic nitrogens is 2. The van der Waals surface area contributed by atoms with E-state index in [4.69, 9.17) is 11.6 Å². The Balaban J connectivity index is 2.94. The molecule has 0 aliphatic carbocycles. The highest BCUT2D eigenvalue weighted by Crippen LogP contribution is 2.25. The molecule has 0 unspecified atom stereocenters. The zero-order chi connectivity index (χ0) is 10.3. The summed E-state index contributed by atoms with van der Waals surface area (Å²) >= 11 is 5.98. The summed E-state index contributed by atoms with van der Waals surface area (Å²) in [6.45, 7) is 6.10. The van der Waals surface area contributed by atoms with Gasteiger partial charge in [0.05, 0.1) is 5.69 Å². The number of hydrogen-bond acceptors (Lipinski definition) is 2. The fourth-order valence-corrected chi connectivity index (χ4v) is 1.71. The highest BCUT2D eigenvalue weighted by atomic mass is 35.5. The molecule has 2 nitrogen and oxygen atoms in total. The smallest absolute Gasteiger partial charge is 0.154 e. The monoisotopic (exact) mass is 206 g/mol. The highest BCUT2D eigenvalue weighted by Gasteiger charge is 2.06. The van der Waals surface area contributed by atoms with E-state index in [1.54, 1.807) is 0 Å². The molecule has 0 saturated carbocycles. The molecule has 2 rings (SSSR count). The van der Waals surface area contributed by atoms with Gasteiger partial charge in [-0.05, 0) is 44.0 Å². The fourth-order valence-electron chi connectivity index (χ4n) is 1.51. The van der Waals surface area contributed by atoms with E-state index >= 15 is 0 Å². The Morgan fingerprint density at radius 2 is 1.50 bits per heavy atom. The second-order valence-electron chi connectivity index (χ2n) is 3.56. The number of rotatable bonds is 0. The van der Waals surface area contributed by atoms with Gasteiger partial charge in [-0.3, -0.25) is 0 Å². The number of aryl methyl sites for hydroxylation is 3. The molecule has 1 aromatic carbocycles. The van der Waals surface area contributed by atoms with E-state index in [0.717, 1.165) is 16.5 Å². The summed E-state index contributed by atoms with van der Waals surface area (Å²) in [5.41, 5.74) is 3.41. The van der Waals surface area contributed by atoms with Crippen LogP contribution in [0.1, 0.15) is 16.8 Å². The molecule has 1 heterocycles. The Bertz CT molecular complexity index is 460. The first-order chi connectivity index (χ1) is 6.59. The second-order valence-corrected chi connectivity index (χ2v) is 3.92.